The van der Waals surface area contributed by atoms with Gasteiger partial charge in [0, 0.05) is 16.8 Å². The third-order valence-electron chi connectivity index (χ3n) is 3.72. The Balaban J connectivity index is 1.78. The Kier molecular flexibility index (Phi) is 5.53. The molecule has 0 aliphatic carbocycles. The highest BCUT2D eigenvalue weighted by atomic mass is 35.5. The topological polar surface area (TPSA) is 58.2 Å². The van der Waals surface area contributed by atoms with Crippen LogP contribution in [0.25, 0.3) is 0 Å². The van der Waals surface area contributed by atoms with Gasteiger partial charge in [-0.3, -0.25) is 9.59 Å². The van der Waals surface area contributed by atoms with Crippen molar-refractivity contribution in [3.63, 3.8) is 0 Å². The lowest BCUT2D eigenvalue weighted by Gasteiger charge is -2.04. The third kappa shape index (κ3) is 4.32. The van der Waals surface area contributed by atoms with Gasteiger partial charge in [-0.1, -0.05) is 11.6 Å². The molecule has 138 valence electrons. The summed E-state index contributed by atoms with van der Waals surface area (Å²) in [6, 6.07) is 10.4. The zero-order chi connectivity index (χ0) is 19.6. The first kappa shape index (κ1) is 19.0. The molecule has 0 bridgehead atoms. The Morgan fingerprint density at radius 1 is 0.889 bits per heavy atom. The molecule has 0 aliphatic heterocycles. The summed E-state index contributed by atoms with van der Waals surface area (Å²) in [4.78, 5) is 24.9. The lowest BCUT2D eigenvalue weighted by Crippen LogP contribution is -2.11. The molecule has 27 heavy (non-hydrogen) atoms. The maximum absolute atomic E-state index is 13.0. The van der Waals surface area contributed by atoms with E-state index in [0.717, 1.165) is 11.3 Å². The van der Waals surface area contributed by atoms with Crippen molar-refractivity contribution in [3.8, 4) is 0 Å². The van der Waals surface area contributed by atoms with E-state index < -0.39 is 23.4 Å². The van der Waals surface area contributed by atoms with Gasteiger partial charge in [-0.15, -0.1) is 11.3 Å². The minimum atomic E-state index is -0.470. The monoisotopic (exact) mass is 406 g/mol. The van der Waals surface area contributed by atoms with Crippen molar-refractivity contribution in [2.45, 2.75) is 6.92 Å². The van der Waals surface area contributed by atoms with Crippen molar-refractivity contribution in [2.24, 2.45) is 0 Å². The van der Waals surface area contributed by atoms with Crippen LogP contribution < -0.4 is 10.6 Å². The van der Waals surface area contributed by atoms with Gasteiger partial charge in [-0.25, -0.2) is 8.78 Å². The van der Waals surface area contributed by atoms with Crippen LogP contribution in [0, 0.1) is 18.6 Å². The van der Waals surface area contributed by atoms with E-state index in [2.05, 4.69) is 10.6 Å². The second kappa shape index (κ2) is 7.85. The van der Waals surface area contributed by atoms with Gasteiger partial charge in [0.2, 0.25) is 0 Å². The summed E-state index contributed by atoms with van der Waals surface area (Å²) in [5, 5.41) is 5.93. The molecule has 0 aliphatic rings. The van der Waals surface area contributed by atoms with E-state index in [-0.39, 0.29) is 15.5 Å². The van der Waals surface area contributed by atoms with Crippen LogP contribution in [0.5, 0.6) is 0 Å². The average molecular weight is 407 g/mol. The predicted octanol–water partition coefficient (Wildman–Crippen LogP) is 5.49. The summed E-state index contributed by atoms with van der Waals surface area (Å²) >= 11 is 7.26. The van der Waals surface area contributed by atoms with E-state index in [1.54, 1.807) is 6.92 Å². The van der Waals surface area contributed by atoms with Crippen LogP contribution in [0.1, 0.15) is 25.6 Å². The first-order valence-electron chi connectivity index (χ1n) is 7.78. The second-order valence-electron chi connectivity index (χ2n) is 5.62. The molecule has 2 N–H and O–H groups in total. The molecule has 3 rings (SSSR count). The molecule has 0 saturated heterocycles. The number of rotatable bonds is 4. The van der Waals surface area contributed by atoms with E-state index >= 15 is 0 Å². The Morgan fingerprint density at radius 2 is 1.44 bits per heavy atom. The Hall–Kier alpha value is -2.77. The summed E-state index contributed by atoms with van der Waals surface area (Å²) in [6.07, 6.45) is 0. The number of anilines is 2. The molecular weight excluding hydrogens is 394 g/mol. The van der Waals surface area contributed by atoms with E-state index in [1.807, 2.05) is 0 Å². The zero-order valence-electron chi connectivity index (χ0n) is 14.0. The van der Waals surface area contributed by atoms with E-state index in [0.29, 0.717) is 16.3 Å². The number of carbonyl (C=O) groups is 2. The Morgan fingerprint density at radius 3 is 2.04 bits per heavy atom. The summed E-state index contributed by atoms with van der Waals surface area (Å²) in [6.45, 7) is 1.67. The minimum Gasteiger partial charge on any atom is -0.321 e. The van der Waals surface area contributed by atoms with Crippen molar-refractivity contribution in [2.75, 3.05) is 10.6 Å². The van der Waals surface area contributed by atoms with Crippen LogP contribution in [-0.4, -0.2) is 11.8 Å². The van der Waals surface area contributed by atoms with Gasteiger partial charge < -0.3 is 10.6 Å². The van der Waals surface area contributed by atoms with Gasteiger partial charge in [-0.05, 0) is 55.5 Å². The molecule has 0 atom stereocenters. The largest absolute Gasteiger partial charge is 0.321 e. The fourth-order valence-corrected chi connectivity index (χ4v) is 3.60. The van der Waals surface area contributed by atoms with Crippen LogP contribution >= 0.6 is 22.9 Å². The van der Waals surface area contributed by atoms with E-state index in [4.69, 9.17) is 11.6 Å². The first-order valence-corrected chi connectivity index (χ1v) is 8.97. The fraction of sp³-hybridized carbons (Fsp3) is 0.0526. The lowest BCUT2D eigenvalue weighted by atomic mass is 10.2. The number of thiophene rings is 1. The number of hydrogen-bond donors (Lipinski definition) is 2. The van der Waals surface area contributed by atoms with Gasteiger partial charge in [0.15, 0.2) is 0 Å². The molecule has 0 unspecified atom stereocenters. The lowest BCUT2D eigenvalue weighted by molar-refractivity contribution is 0.102. The molecule has 0 radical (unpaired) electrons. The molecular formula is C19H13ClF2N2O2S. The van der Waals surface area contributed by atoms with E-state index in [9.17, 15) is 18.4 Å². The quantitative estimate of drug-likeness (QED) is 0.601. The molecule has 0 spiro atoms. The average Bonchev–Trinajstić information content (AvgIpc) is 2.92. The second-order valence-corrected chi connectivity index (χ2v) is 7.02. The van der Waals surface area contributed by atoms with Gasteiger partial charge in [0.25, 0.3) is 11.8 Å². The van der Waals surface area contributed by atoms with Crippen LogP contribution in [-0.2, 0) is 0 Å². The van der Waals surface area contributed by atoms with Crippen LogP contribution in [0.15, 0.2) is 48.5 Å². The summed E-state index contributed by atoms with van der Waals surface area (Å²) < 4.78 is 25.9. The molecule has 2 aromatic carbocycles. The van der Waals surface area contributed by atoms with Crippen LogP contribution in [0.4, 0.5) is 19.5 Å². The molecule has 2 amide bonds. The normalized spacial score (nSPS) is 10.5. The zero-order valence-corrected chi connectivity index (χ0v) is 15.5. The molecule has 0 saturated carbocycles. The van der Waals surface area contributed by atoms with Gasteiger partial charge in [-0.2, -0.15) is 0 Å². The van der Waals surface area contributed by atoms with Crippen molar-refractivity contribution in [1.82, 2.24) is 0 Å². The number of amides is 2. The fourth-order valence-electron chi connectivity index (χ4n) is 2.26. The highest BCUT2D eigenvalue weighted by Gasteiger charge is 2.21. The van der Waals surface area contributed by atoms with E-state index in [1.165, 1.54) is 48.5 Å². The molecule has 8 heteroatoms. The van der Waals surface area contributed by atoms with Crippen molar-refractivity contribution < 1.29 is 18.4 Å². The maximum Gasteiger partial charge on any atom is 0.267 e. The number of hydrogen-bond acceptors (Lipinski definition) is 3. The standard InChI is InChI=1S/C19H13ClF2N2O2S/c1-10-15(20)16(18(26)23-14-8-6-13(22)7-9-14)27-19(10)24-17(25)11-2-4-12(21)5-3-11/h2-9H,1H3,(H,23,26)(H,24,25). The molecule has 1 aromatic heterocycles. The first-order chi connectivity index (χ1) is 12.8. The van der Waals surface area contributed by atoms with Crippen molar-refractivity contribution in [3.05, 3.63) is 81.2 Å². The summed E-state index contributed by atoms with van der Waals surface area (Å²) in [5.74, 6) is -1.77. The van der Waals surface area contributed by atoms with Crippen LogP contribution in [0.2, 0.25) is 5.02 Å². The number of halogens is 3. The number of benzene rings is 2. The minimum absolute atomic E-state index is 0.216. The SMILES string of the molecule is Cc1c(NC(=O)c2ccc(F)cc2)sc(C(=O)Nc2ccc(F)cc2)c1Cl. The maximum atomic E-state index is 13.0. The van der Waals surface area contributed by atoms with Crippen molar-refractivity contribution in [1.29, 1.82) is 0 Å². The highest BCUT2D eigenvalue weighted by molar-refractivity contribution is 7.19. The highest BCUT2D eigenvalue weighted by Crippen LogP contribution is 2.37. The third-order valence-corrected chi connectivity index (χ3v) is 5.51. The van der Waals surface area contributed by atoms with Gasteiger partial charge in [0.1, 0.15) is 21.5 Å². The predicted molar refractivity (Wildman–Crippen MR) is 103 cm³/mol. The molecule has 3 aromatic rings. The summed E-state index contributed by atoms with van der Waals surface area (Å²) in [7, 11) is 0. The van der Waals surface area contributed by atoms with Gasteiger partial charge in [0.05, 0.1) is 5.02 Å². The molecule has 4 nitrogen and oxygen atoms in total. The Bertz CT molecular complexity index is 1000. The van der Waals surface area contributed by atoms with Crippen molar-refractivity contribution >= 4 is 45.4 Å². The molecule has 1 heterocycles. The number of carbonyl (C=O) groups excluding carboxylic acids is 2. The number of nitrogens with one attached hydrogen (secondary N) is 2. The molecule has 0 fully saturated rings. The Labute approximate surface area is 162 Å². The summed E-state index contributed by atoms with van der Waals surface area (Å²) in [5.41, 5.74) is 1.24. The van der Waals surface area contributed by atoms with Crippen LogP contribution in [0.3, 0.4) is 0 Å². The van der Waals surface area contributed by atoms with Gasteiger partial charge >= 0.3 is 0 Å². The smallest absolute Gasteiger partial charge is 0.267 e.